The first-order valence-corrected chi connectivity index (χ1v) is 5.11. The van der Waals surface area contributed by atoms with Crippen LogP contribution in [0.3, 0.4) is 0 Å². The second-order valence-corrected chi connectivity index (χ2v) is 4.43. The van der Waals surface area contributed by atoms with Crippen LogP contribution in [0, 0.1) is 11.3 Å². The number of hydrogen-bond acceptors (Lipinski definition) is 2. The fourth-order valence-corrected chi connectivity index (χ4v) is 2.05. The summed E-state index contributed by atoms with van der Waals surface area (Å²) in [6, 6.07) is 0. The number of carbonyl (C=O) groups is 2. The number of carbonyl (C=O) groups excluding carboxylic acids is 1. The predicted molar refractivity (Wildman–Crippen MR) is 52.1 cm³/mol. The lowest BCUT2D eigenvalue weighted by molar-refractivity contribution is -0.152. The molecular weight excluding hydrogens is 220 g/mol. The number of nitrogens with zero attached hydrogens (tertiary/aromatic N) is 1. The van der Waals surface area contributed by atoms with E-state index in [2.05, 4.69) is 0 Å². The minimum atomic E-state index is -3.06. The number of likely N-dealkylation sites (tertiary alicyclic amines) is 1. The molecule has 0 aromatic rings. The first-order valence-electron chi connectivity index (χ1n) is 5.11. The van der Waals surface area contributed by atoms with Gasteiger partial charge in [-0.25, -0.2) is 0 Å². The van der Waals surface area contributed by atoms with Gasteiger partial charge in [-0.2, -0.15) is 8.78 Å². The molecule has 4 nitrogen and oxygen atoms in total. The average molecular weight is 235 g/mol. The molecule has 0 aliphatic carbocycles. The third-order valence-electron chi connectivity index (χ3n) is 3.33. The first kappa shape index (κ1) is 12.9. The number of alkyl halides is 2. The van der Waals surface area contributed by atoms with Gasteiger partial charge >= 0.3 is 12.4 Å². The van der Waals surface area contributed by atoms with Crippen LogP contribution in [-0.4, -0.2) is 41.4 Å². The Morgan fingerprint density at radius 3 is 2.25 bits per heavy atom. The van der Waals surface area contributed by atoms with Gasteiger partial charge in [0.2, 0.25) is 0 Å². The maximum Gasteiger partial charge on any atom is 0.315 e. The topological polar surface area (TPSA) is 57.6 Å². The number of carboxylic acid groups (broad SMARTS) is 1. The van der Waals surface area contributed by atoms with Crippen molar-refractivity contribution < 1.29 is 23.5 Å². The van der Waals surface area contributed by atoms with E-state index >= 15 is 0 Å². The molecule has 1 amide bonds. The first-order chi connectivity index (χ1) is 7.31. The van der Waals surface area contributed by atoms with E-state index in [0.29, 0.717) is 0 Å². The van der Waals surface area contributed by atoms with Crippen molar-refractivity contribution in [2.45, 2.75) is 26.7 Å². The number of rotatable bonds is 3. The number of hydrogen-bond donors (Lipinski definition) is 1. The Hall–Kier alpha value is -1.20. The van der Waals surface area contributed by atoms with Crippen LogP contribution < -0.4 is 0 Å². The molecule has 1 saturated heterocycles. The summed E-state index contributed by atoms with van der Waals surface area (Å²) in [5, 5.41) is 9.15. The number of halogens is 2. The minimum absolute atomic E-state index is 0.0909. The molecule has 0 saturated carbocycles. The van der Waals surface area contributed by atoms with E-state index in [1.54, 1.807) is 13.8 Å². The maximum atomic E-state index is 12.2. The van der Waals surface area contributed by atoms with Crippen molar-refractivity contribution in [2.75, 3.05) is 13.1 Å². The minimum Gasteiger partial charge on any atom is -0.481 e. The van der Waals surface area contributed by atoms with Crippen LogP contribution in [0.15, 0.2) is 0 Å². The lowest BCUT2D eigenvalue weighted by Crippen LogP contribution is -2.42. The number of amides is 1. The second kappa shape index (κ2) is 4.35. The number of carboxylic acids is 1. The van der Waals surface area contributed by atoms with Gasteiger partial charge in [0, 0.05) is 13.1 Å². The highest BCUT2D eigenvalue weighted by Crippen LogP contribution is 2.38. The van der Waals surface area contributed by atoms with Crippen LogP contribution in [0.25, 0.3) is 0 Å². The highest BCUT2D eigenvalue weighted by atomic mass is 19.3. The Kier molecular flexibility index (Phi) is 3.50. The van der Waals surface area contributed by atoms with Crippen LogP contribution in [0.2, 0.25) is 0 Å². The summed E-state index contributed by atoms with van der Waals surface area (Å²) in [6.07, 6.45) is -2.82. The molecule has 16 heavy (non-hydrogen) atoms. The van der Waals surface area contributed by atoms with Gasteiger partial charge in [-0.15, -0.1) is 0 Å². The van der Waals surface area contributed by atoms with Crippen molar-refractivity contribution in [3.05, 3.63) is 0 Å². The van der Waals surface area contributed by atoms with Gasteiger partial charge in [0.25, 0.3) is 5.91 Å². The van der Waals surface area contributed by atoms with Gasteiger partial charge in [0.15, 0.2) is 0 Å². The largest absolute Gasteiger partial charge is 0.481 e. The highest BCUT2D eigenvalue weighted by Gasteiger charge is 2.49. The molecule has 1 unspecified atom stereocenters. The van der Waals surface area contributed by atoms with Crippen LogP contribution >= 0.6 is 0 Å². The van der Waals surface area contributed by atoms with Crippen molar-refractivity contribution in [1.82, 2.24) is 4.90 Å². The lowest BCUT2D eigenvalue weighted by Gasteiger charge is -2.28. The summed E-state index contributed by atoms with van der Waals surface area (Å²) < 4.78 is 24.4. The van der Waals surface area contributed by atoms with Gasteiger partial charge in [-0.1, -0.05) is 13.8 Å². The van der Waals surface area contributed by atoms with Gasteiger partial charge in [-0.3, -0.25) is 9.59 Å². The molecule has 1 N–H and O–H groups in total. The van der Waals surface area contributed by atoms with Crippen molar-refractivity contribution in [1.29, 1.82) is 0 Å². The van der Waals surface area contributed by atoms with Crippen molar-refractivity contribution in [3.8, 4) is 0 Å². The van der Waals surface area contributed by atoms with E-state index in [1.807, 2.05) is 0 Å². The highest BCUT2D eigenvalue weighted by molar-refractivity contribution is 5.82. The summed E-state index contributed by atoms with van der Waals surface area (Å²) in [6.45, 7) is 3.42. The smallest absolute Gasteiger partial charge is 0.315 e. The molecule has 1 aliphatic rings. The third-order valence-corrected chi connectivity index (χ3v) is 3.33. The van der Waals surface area contributed by atoms with Gasteiger partial charge < -0.3 is 10.0 Å². The SMILES string of the molecule is CC(C)C1(C(=O)O)CCN(C(=O)C(F)F)C1. The van der Waals surface area contributed by atoms with Gasteiger partial charge in [0.05, 0.1) is 5.41 Å². The maximum absolute atomic E-state index is 12.2. The fourth-order valence-electron chi connectivity index (χ4n) is 2.05. The zero-order valence-electron chi connectivity index (χ0n) is 9.24. The number of aliphatic carboxylic acids is 1. The quantitative estimate of drug-likeness (QED) is 0.800. The molecule has 92 valence electrons. The van der Waals surface area contributed by atoms with Crippen molar-refractivity contribution in [3.63, 3.8) is 0 Å². The second-order valence-electron chi connectivity index (χ2n) is 4.43. The van der Waals surface area contributed by atoms with E-state index in [-0.39, 0.29) is 25.4 Å². The summed E-state index contributed by atoms with van der Waals surface area (Å²) in [7, 11) is 0. The van der Waals surface area contributed by atoms with Crippen LogP contribution in [-0.2, 0) is 9.59 Å². The van der Waals surface area contributed by atoms with Gasteiger partial charge in [0.1, 0.15) is 0 Å². The molecule has 1 heterocycles. The molecule has 0 radical (unpaired) electrons. The Balaban J connectivity index is 2.83. The summed E-state index contributed by atoms with van der Waals surface area (Å²) in [5.41, 5.74) is -1.08. The normalized spacial score (nSPS) is 25.5. The van der Waals surface area contributed by atoms with Gasteiger partial charge in [-0.05, 0) is 12.3 Å². The summed E-state index contributed by atoms with van der Waals surface area (Å²) in [5.74, 6) is -2.49. The zero-order chi connectivity index (χ0) is 12.5. The van der Waals surface area contributed by atoms with Crippen molar-refractivity contribution >= 4 is 11.9 Å². The zero-order valence-corrected chi connectivity index (χ0v) is 9.24. The van der Waals surface area contributed by atoms with E-state index in [4.69, 9.17) is 5.11 Å². The molecular formula is C10H15F2NO3. The van der Waals surface area contributed by atoms with E-state index < -0.39 is 23.7 Å². The molecule has 1 atom stereocenters. The van der Waals surface area contributed by atoms with E-state index in [0.717, 1.165) is 4.90 Å². The lowest BCUT2D eigenvalue weighted by atomic mass is 9.76. The molecule has 0 bridgehead atoms. The molecule has 0 aromatic heterocycles. The Labute approximate surface area is 92.2 Å². The van der Waals surface area contributed by atoms with E-state index in [1.165, 1.54) is 0 Å². The van der Waals surface area contributed by atoms with E-state index in [9.17, 15) is 18.4 Å². The summed E-state index contributed by atoms with van der Waals surface area (Å²) in [4.78, 5) is 23.2. The molecule has 1 rings (SSSR count). The van der Waals surface area contributed by atoms with Crippen LogP contribution in [0.1, 0.15) is 20.3 Å². The fraction of sp³-hybridized carbons (Fsp3) is 0.800. The monoisotopic (exact) mass is 235 g/mol. The Morgan fingerprint density at radius 1 is 1.38 bits per heavy atom. The van der Waals surface area contributed by atoms with Crippen LogP contribution in [0.5, 0.6) is 0 Å². The molecule has 0 aromatic carbocycles. The van der Waals surface area contributed by atoms with Crippen LogP contribution in [0.4, 0.5) is 8.78 Å². The molecule has 1 aliphatic heterocycles. The molecule has 1 fully saturated rings. The Morgan fingerprint density at radius 2 is 1.94 bits per heavy atom. The molecule has 0 spiro atoms. The Bertz CT molecular complexity index is 306. The summed E-state index contributed by atoms with van der Waals surface area (Å²) >= 11 is 0. The average Bonchev–Trinajstić information content (AvgIpc) is 2.61. The predicted octanol–water partition coefficient (Wildman–Crippen LogP) is 1.21. The standard InChI is InChI=1S/C10H15F2NO3/c1-6(2)10(9(15)16)3-4-13(5-10)8(14)7(11)12/h6-7H,3-5H2,1-2H3,(H,15,16). The molecule has 6 heteroatoms. The van der Waals surface area contributed by atoms with Crippen molar-refractivity contribution in [2.24, 2.45) is 11.3 Å². The third kappa shape index (κ3) is 2.01.